The average Bonchev–Trinajstić information content (AvgIpc) is 3.05. The quantitative estimate of drug-likeness (QED) is 0.892. The van der Waals surface area contributed by atoms with Gasteiger partial charge in [-0.2, -0.15) is 0 Å². The highest BCUT2D eigenvalue weighted by molar-refractivity contribution is 5.79. The normalized spacial score (nSPS) is 27.4. The van der Waals surface area contributed by atoms with E-state index in [0.29, 0.717) is 32.7 Å². The number of aliphatic hydroxyl groups is 1. The van der Waals surface area contributed by atoms with Gasteiger partial charge in [-0.3, -0.25) is 4.79 Å². The number of methoxy groups -OCH3 is 1. The summed E-state index contributed by atoms with van der Waals surface area (Å²) in [4.78, 5) is 14.8. The van der Waals surface area contributed by atoms with Crippen LogP contribution in [0.5, 0.6) is 0 Å². The van der Waals surface area contributed by atoms with Gasteiger partial charge in [0.2, 0.25) is 5.91 Å². The molecule has 1 aromatic rings. The Morgan fingerprint density at radius 1 is 1.38 bits per heavy atom. The number of carbonyl (C=O) groups excluding carboxylic acids is 1. The molecule has 0 radical (unpaired) electrons. The first-order chi connectivity index (χ1) is 11.7. The largest absolute Gasteiger partial charge is 0.393 e. The van der Waals surface area contributed by atoms with Crippen LogP contribution in [0.3, 0.4) is 0 Å². The van der Waals surface area contributed by atoms with E-state index in [1.807, 2.05) is 29.2 Å². The molecule has 2 aliphatic heterocycles. The molecular formula is C19H27NO4. The summed E-state index contributed by atoms with van der Waals surface area (Å²) >= 11 is 0. The molecule has 1 amide bonds. The van der Waals surface area contributed by atoms with Crippen molar-refractivity contribution in [1.82, 2.24) is 4.90 Å². The summed E-state index contributed by atoms with van der Waals surface area (Å²) in [5, 5.41) is 10.3. The zero-order valence-corrected chi connectivity index (χ0v) is 14.3. The van der Waals surface area contributed by atoms with Crippen molar-refractivity contribution in [3.8, 4) is 0 Å². The molecule has 0 bridgehead atoms. The zero-order valence-electron chi connectivity index (χ0n) is 14.3. The second kappa shape index (κ2) is 8.10. The summed E-state index contributed by atoms with van der Waals surface area (Å²) in [6.45, 7) is 2.51. The molecule has 2 saturated heterocycles. The van der Waals surface area contributed by atoms with Gasteiger partial charge in [-0.15, -0.1) is 0 Å². The van der Waals surface area contributed by atoms with Crippen LogP contribution in [-0.2, 0) is 27.3 Å². The summed E-state index contributed by atoms with van der Waals surface area (Å²) in [5.74, 6) is 0.190. The lowest BCUT2D eigenvalue weighted by Gasteiger charge is -2.37. The predicted molar refractivity (Wildman–Crippen MR) is 90.5 cm³/mol. The molecule has 0 aliphatic carbocycles. The van der Waals surface area contributed by atoms with E-state index in [1.165, 1.54) is 0 Å². The van der Waals surface area contributed by atoms with Gasteiger partial charge in [0.15, 0.2) is 0 Å². The lowest BCUT2D eigenvalue weighted by Crippen LogP contribution is -2.48. The van der Waals surface area contributed by atoms with E-state index in [9.17, 15) is 9.90 Å². The number of nitrogens with zero attached hydrogens (tertiary/aromatic N) is 1. The number of ether oxygens (including phenoxy) is 2. The van der Waals surface area contributed by atoms with Crippen LogP contribution in [0.2, 0.25) is 0 Å². The molecule has 2 fully saturated rings. The zero-order chi connectivity index (χ0) is 16.9. The third kappa shape index (κ3) is 3.97. The average molecular weight is 333 g/mol. The van der Waals surface area contributed by atoms with Gasteiger partial charge in [0.05, 0.1) is 25.7 Å². The molecular weight excluding hydrogens is 306 g/mol. The van der Waals surface area contributed by atoms with Gasteiger partial charge in [-0.25, -0.2) is 0 Å². The van der Waals surface area contributed by atoms with E-state index in [0.717, 1.165) is 30.5 Å². The van der Waals surface area contributed by atoms with Gasteiger partial charge in [-0.05, 0) is 30.4 Å². The second-order valence-corrected chi connectivity index (χ2v) is 6.82. The monoisotopic (exact) mass is 333 g/mol. The van der Waals surface area contributed by atoms with Crippen molar-refractivity contribution in [3.05, 3.63) is 35.4 Å². The number of aliphatic hydroxyl groups excluding tert-OH is 1. The fraction of sp³-hybridized carbons (Fsp3) is 0.632. The molecule has 5 nitrogen and oxygen atoms in total. The van der Waals surface area contributed by atoms with Crippen molar-refractivity contribution in [2.75, 3.05) is 26.9 Å². The highest BCUT2D eigenvalue weighted by Crippen LogP contribution is 2.30. The Morgan fingerprint density at radius 3 is 3.00 bits per heavy atom. The molecule has 1 N–H and O–H groups in total. The first-order valence-corrected chi connectivity index (χ1v) is 8.81. The molecule has 0 unspecified atom stereocenters. The summed E-state index contributed by atoms with van der Waals surface area (Å²) in [6, 6.07) is 8.10. The van der Waals surface area contributed by atoms with E-state index >= 15 is 0 Å². The van der Waals surface area contributed by atoms with E-state index in [1.54, 1.807) is 7.11 Å². The minimum Gasteiger partial charge on any atom is -0.393 e. The molecule has 3 atom stereocenters. The number of benzene rings is 1. The van der Waals surface area contributed by atoms with Crippen molar-refractivity contribution in [2.24, 2.45) is 5.92 Å². The molecule has 2 aliphatic rings. The van der Waals surface area contributed by atoms with Crippen molar-refractivity contribution < 1.29 is 19.4 Å². The first-order valence-electron chi connectivity index (χ1n) is 8.81. The smallest absolute Gasteiger partial charge is 0.227 e. The highest BCUT2D eigenvalue weighted by atomic mass is 16.5. The Balaban J connectivity index is 1.66. The Morgan fingerprint density at radius 2 is 2.21 bits per heavy atom. The maximum Gasteiger partial charge on any atom is 0.227 e. The number of hydrogen-bond donors (Lipinski definition) is 1. The summed E-state index contributed by atoms with van der Waals surface area (Å²) in [6.07, 6.45) is 2.67. The van der Waals surface area contributed by atoms with Crippen LogP contribution in [0.25, 0.3) is 0 Å². The van der Waals surface area contributed by atoms with E-state index in [2.05, 4.69) is 0 Å². The van der Waals surface area contributed by atoms with Gasteiger partial charge in [0, 0.05) is 32.2 Å². The van der Waals surface area contributed by atoms with Crippen molar-refractivity contribution >= 4 is 5.91 Å². The van der Waals surface area contributed by atoms with Crippen LogP contribution in [0.4, 0.5) is 0 Å². The molecule has 2 heterocycles. The van der Waals surface area contributed by atoms with Gasteiger partial charge in [-0.1, -0.05) is 24.3 Å². The van der Waals surface area contributed by atoms with Gasteiger partial charge in [0.1, 0.15) is 0 Å². The number of rotatable bonds is 5. The lowest BCUT2D eigenvalue weighted by atomic mass is 9.89. The Bertz CT molecular complexity index is 562. The van der Waals surface area contributed by atoms with Crippen LogP contribution in [0.15, 0.2) is 24.3 Å². The number of amides is 1. The van der Waals surface area contributed by atoms with E-state index in [-0.39, 0.29) is 24.0 Å². The second-order valence-electron chi connectivity index (χ2n) is 6.82. The molecule has 0 spiro atoms. The molecule has 24 heavy (non-hydrogen) atoms. The Labute approximate surface area is 143 Å². The van der Waals surface area contributed by atoms with Crippen molar-refractivity contribution in [1.29, 1.82) is 0 Å². The Hall–Kier alpha value is -1.43. The molecule has 3 rings (SSSR count). The highest BCUT2D eigenvalue weighted by Gasteiger charge is 2.39. The van der Waals surface area contributed by atoms with Gasteiger partial charge in [0.25, 0.3) is 0 Å². The number of carbonyl (C=O) groups is 1. The van der Waals surface area contributed by atoms with E-state index < -0.39 is 0 Å². The number of hydrogen-bond acceptors (Lipinski definition) is 4. The minimum absolute atomic E-state index is 0.0463. The molecule has 0 aromatic heterocycles. The van der Waals surface area contributed by atoms with Crippen LogP contribution in [0.1, 0.15) is 30.4 Å². The number of likely N-dealkylation sites (tertiary alicyclic amines) is 1. The molecule has 0 saturated carbocycles. The maximum atomic E-state index is 12.8. The van der Waals surface area contributed by atoms with Gasteiger partial charge >= 0.3 is 0 Å². The third-order valence-corrected chi connectivity index (χ3v) is 5.13. The van der Waals surface area contributed by atoms with E-state index in [4.69, 9.17) is 9.47 Å². The van der Waals surface area contributed by atoms with Crippen LogP contribution < -0.4 is 0 Å². The molecule has 132 valence electrons. The molecule has 1 aromatic carbocycles. The van der Waals surface area contributed by atoms with Crippen LogP contribution in [0, 0.1) is 5.92 Å². The van der Waals surface area contributed by atoms with Crippen LogP contribution >= 0.6 is 0 Å². The summed E-state index contributed by atoms with van der Waals surface area (Å²) in [7, 11) is 1.67. The standard InChI is InChI=1S/C19H27NO4/c1-23-12-15-5-2-4-14(10-15)11-19(22)20-8-3-6-17(20)16-13-24-9-7-18(16)21/h2,4-5,10,16-18,21H,3,6-9,11-13H2,1H3/t16-,17-,18+/m1/s1. The molecule has 5 heteroatoms. The van der Waals surface area contributed by atoms with Crippen molar-refractivity contribution in [3.63, 3.8) is 0 Å². The lowest BCUT2D eigenvalue weighted by molar-refractivity contribution is -0.135. The maximum absolute atomic E-state index is 12.8. The first kappa shape index (κ1) is 17.4. The summed E-state index contributed by atoms with van der Waals surface area (Å²) < 4.78 is 10.7. The predicted octanol–water partition coefficient (Wildman–Crippen LogP) is 1.76. The third-order valence-electron chi connectivity index (χ3n) is 5.13. The Kier molecular flexibility index (Phi) is 5.87. The van der Waals surface area contributed by atoms with Gasteiger partial charge < -0.3 is 19.5 Å². The fourth-order valence-electron chi connectivity index (χ4n) is 3.94. The SMILES string of the molecule is COCc1cccc(CC(=O)N2CCC[C@@H]2[C@H]2COCC[C@@H]2O)c1. The minimum atomic E-state index is -0.359. The van der Waals surface area contributed by atoms with Crippen LogP contribution in [-0.4, -0.2) is 54.9 Å². The topological polar surface area (TPSA) is 59.0 Å². The fourth-order valence-corrected chi connectivity index (χ4v) is 3.94. The van der Waals surface area contributed by atoms with Crippen molar-refractivity contribution in [2.45, 2.75) is 44.4 Å². The summed E-state index contributed by atoms with van der Waals surface area (Å²) in [5.41, 5.74) is 2.09.